The van der Waals surface area contributed by atoms with Gasteiger partial charge < -0.3 is 10.0 Å². The fraction of sp³-hybridized carbons (Fsp3) is 0.250. The number of hydrogen-bond acceptors (Lipinski definition) is 4. The van der Waals surface area contributed by atoms with E-state index in [4.69, 9.17) is 11.6 Å². The van der Waals surface area contributed by atoms with Crippen LogP contribution >= 0.6 is 11.6 Å². The number of phenolic OH excluding ortho intramolecular Hbond substituents is 1. The number of phenols is 1. The first-order chi connectivity index (χ1) is 13.1. The molecule has 7 heteroatoms. The van der Waals surface area contributed by atoms with Crippen molar-refractivity contribution in [2.24, 2.45) is 0 Å². The number of amides is 1. The summed E-state index contributed by atoms with van der Waals surface area (Å²) < 4.78 is 1.56. The number of carbonyl (C=O) groups excluding carboxylic acids is 1. The van der Waals surface area contributed by atoms with Crippen LogP contribution in [0.5, 0.6) is 5.75 Å². The van der Waals surface area contributed by atoms with Crippen molar-refractivity contribution in [3.05, 3.63) is 59.2 Å². The fourth-order valence-electron chi connectivity index (χ4n) is 3.28. The van der Waals surface area contributed by atoms with Crippen LogP contribution < -0.4 is 0 Å². The van der Waals surface area contributed by atoms with Crippen LogP contribution in [0.2, 0.25) is 5.02 Å². The minimum absolute atomic E-state index is 0.0529. The number of hydrogen-bond donors (Lipinski definition) is 1. The van der Waals surface area contributed by atoms with Gasteiger partial charge in [0.1, 0.15) is 11.4 Å². The molecule has 2 heterocycles. The summed E-state index contributed by atoms with van der Waals surface area (Å²) in [6, 6.07) is 12.3. The van der Waals surface area contributed by atoms with Gasteiger partial charge in [0.15, 0.2) is 0 Å². The van der Waals surface area contributed by atoms with Crippen molar-refractivity contribution >= 4 is 17.5 Å². The monoisotopic (exact) mass is 382 g/mol. The molecule has 138 valence electrons. The SMILES string of the molecule is O=C(c1ccc(-n2cc(-c3cccc(Cl)c3)nn2)cc1O)N1CCCCC1. The second-order valence-electron chi connectivity index (χ2n) is 6.61. The Labute approximate surface area is 162 Å². The lowest BCUT2D eigenvalue weighted by molar-refractivity contribution is 0.0721. The number of aromatic nitrogens is 3. The first-order valence-electron chi connectivity index (χ1n) is 8.93. The third kappa shape index (κ3) is 3.66. The molecule has 1 saturated heterocycles. The van der Waals surface area contributed by atoms with Crippen LogP contribution in [0.25, 0.3) is 16.9 Å². The molecule has 0 spiro atoms. The highest BCUT2D eigenvalue weighted by molar-refractivity contribution is 6.30. The van der Waals surface area contributed by atoms with Crippen molar-refractivity contribution in [1.82, 2.24) is 19.9 Å². The van der Waals surface area contributed by atoms with Gasteiger partial charge in [0.25, 0.3) is 5.91 Å². The molecule has 0 unspecified atom stereocenters. The third-order valence-electron chi connectivity index (χ3n) is 4.73. The van der Waals surface area contributed by atoms with E-state index in [0.29, 0.717) is 22.0 Å². The smallest absolute Gasteiger partial charge is 0.257 e. The van der Waals surface area contributed by atoms with Gasteiger partial charge in [0.2, 0.25) is 0 Å². The zero-order valence-corrected chi connectivity index (χ0v) is 15.4. The predicted octanol–water partition coefficient (Wildman–Crippen LogP) is 3.92. The highest BCUT2D eigenvalue weighted by Crippen LogP contribution is 2.25. The van der Waals surface area contributed by atoms with Crippen molar-refractivity contribution in [2.45, 2.75) is 19.3 Å². The van der Waals surface area contributed by atoms with E-state index in [1.807, 2.05) is 18.2 Å². The highest BCUT2D eigenvalue weighted by Gasteiger charge is 2.21. The summed E-state index contributed by atoms with van der Waals surface area (Å²) >= 11 is 6.03. The zero-order chi connectivity index (χ0) is 18.8. The Kier molecular flexibility index (Phi) is 4.81. The molecule has 27 heavy (non-hydrogen) atoms. The molecule has 0 bridgehead atoms. The van der Waals surface area contributed by atoms with Gasteiger partial charge in [0.05, 0.1) is 17.4 Å². The normalized spacial score (nSPS) is 14.3. The molecule has 1 N–H and O–H groups in total. The number of rotatable bonds is 3. The van der Waals surface area contributed by atoms with Crippen LogP contribution in [0.4, 0.5) is 0 Å². The Bertz CT molecular complexity index is 980. The van der Waals surface area contributed by atoms with Crippen LogP contribution in [0.15, 0.2) is 48.7 Å². The van der Waals surface area contributed by atoms with E-state index in [-0.39, 0.29) is 11.7 Å². The van der Waals surface area contributed by atoms with Gasteiger partial charge in [-0.25, -0.2) is 4.68 Å². The molecule has 0 saturated carbocycles. The molecular weight excluding hydrogens is 364 g/mol. The lowest BCUT2D eigenvalue weighted by Gasteiger charge is -2.27. The van der Waals surface area contributed by atoms with Crippen LogP contribution in [0.1, 0.15) is 29.6 Å². The van der Waals surface area contributed by atoms with Crippen molar-refractivity contribution in [2.75, 3.05) is 13.1 Å². The topological polar surface area (TPSA) is 71.2 Å². The van der Waals surface area contributed by atoms with E-state index in [9.17, 15) is 9.90 Å². The van der Waals surface area contributed by atoms with E-state index in [1.165, 1.54) is 6.07 Å². The number of piperidine rings is 1. The number of aromatic hydroxyl groups is 1. The molecule has 1 amide bonds. The number of likely N-dealkylation sites (tertiary alicyclic amines) is 1. The lowest BCUT2D eigenvalue weighted by atomic mass is 10.1. The summed E-state index contributed by atoms with van der Waals surface area (Å²) in [5.74, 6) is -0.181. The Morgan fingerprint density at radius 2 is 1.89 bits per heavy atom. The summed E-state index contributed by atoms with van der Waals surface area (Å²) in [5.41, 5.74) is 2.47. The van der Waals surface area contributed by atoms with E-state index in [2.05, 4.69) is 10.3 Å². The van der Waals surface area contributed by atoms with Gasteiger partial charge in [0, 0.05) is 29.7 Å². The molecule has 1 fully saturated rings. The molecule has 0 radical (unpaired) electrons. The maximum Gasteiger partial charge on any atom is 0.257 e. The van der Waals surface area contributed by atoms with E-state index < -0.39 is 0 Å². The summed E-state index contributed by atoms with van der Waals surface area (Å²) in [4.78, 5) is 14.4. The molecule has 1 aliphatic rings. The van der Waals surface area contributed by atoms with Gasteiger partial charge in [-0.15, -0.1) is 5.10 Å². The molecule has 6 nitrogen and oxygen atoms in total. The number of nitrogens with zero attached hydrogens (tertiary/aromatic N) is 4. The predicted molar refractivity (Wildman–Crippen MR) is 103 cm³/mol. The molecule has 4 rings (SSSR count). The van der Waals surface area contributed by atoms with Crippen LogP contribution in [0.3, 0.4) is 0 Å². The average molecular weight is 383 g/mol. The first kappa shape index (κ1) is 17.5. The Morgan fingerprint density at radius 1 is 1.07 bits per heavy atom. The van der Waals surface area contributed by atoms with Crippen molar-refractivity contribution in [1.29, 1.82) is 0 Å². The Morgan fingerprint density at radius 3 is 2.63 bits per heavy atom. The minimum atomic E-state index is -0.128. The number of benzene rings is 2. The molecule has 3 aromatic rings. The van der Waals surface area contributed by atoms with E-state index in [1.54, 1.807) is 34.0 Å². The third-order valence-corrected chi connectivity index (χ3v) is 4.97. The molecular formula is C20H19ClN4O2. The second kappa shape index (κ2) is 7.40. The van der Waals surface area contributed by atoms with Crippen LogP contribution in [-0.2, 0) is 0 Å². The van der Waals surface area contributed by atoms with Gasteiger partial charge >= 0.3 is 0 Å². The summed E-state index contributed by atoms with van der Waals surface area (Å²) in [5, 5.41) is 19.3. The Balaban J connectivity index is 1.58. The number of carbonyl (C=O) groups is 1. The number of halogens is 1. The summed E-state index contributed by atoms with van der Waals surface area (Å²) in [6.45, 7) is 1.48. The molecule has 2 aromatic carbocycles. The van der Waals surface area contributed by atoms with Crippen molar-refractivity contribution < 1.29 is 9.90 Å². The van der Waals surface area contributed by atoms with E-state index in [0.717, 1.165) is 37.9 Å². The standard InChI is InChI=1S/C20H19ClN4O2/c21-15-6-4-5-14(11-15)18-13-25(23-22-18)16-7-8-17(19(26)12-16)20(27)24-9-2-1-3-10-24/h4-8,11-13,26H,1-3,9-10H2. The van der Waals surface area contributed by atoms with Gasteiger partial charge in [-0.1, -0.05) is 28.9 Å². The molecule has 1 aliphatic heterocycles. The fourth-order valence-corrected chi connectivity index (χ4v) is 3.47. The summed E-state index contributed by atoms with van der Waals surface area (Å²) in [6.07, 6.45) is 4.92. The van der Waals surface area contributed by atoms with E-state index >= 15 is 0 Å². The minimum Gasteiger partial charge on any atom is -0.507 e. The Hall–Kier alpha value is -2.86. The van der Waals surface area contributed by atoms with Gasteiger partial charge in [-0.05, 0) is 43.5 Å². The van der Waals surface area contributed by atoms with Crippen LogP contribution in [-0.4, -0.2) is 44.0 Å². The molecule has 0 atom stereocenters. The maximum atomic E-state index is 12.6. The molecule has 1 aromatic heterocycles. The molecule has 0 aliphatic carbocycles. The van der Waals surface area contributed by atoms with Gasteiger partial charge in [-0.2, -0.15) is 0 Å². The quantitative estimate of drug-likeness (QED) is 0.745. The average Bonchev–Trinajstić information content (AvgIpc) is 3.18. The second-order valence-corrected chi connectivity index (χ2v) is 7.05. The summed E-state index contributed by atoms with van der Waals surface area (Å²) in [7, 11) is 0. The van der Waals surface area contributed by atoms with Crippen molar-refractivity contribution in [3.63, 3.8) is 0 Å². The zero-order valence-electron chi connectivity index (χ0n) is 14.7. The maximum absolute atomic E-state index is 12.6. The van der Waals surface area contributed by atoms with Crippen molar-refractivity contribution in [3.8, 4) is 22.7 Å². The highest BCUT2D eigenvalue weighted by atomic mass is 35.5. The lowest BCUT2D eigenvalue weighted by Crippen LogP contribution is -2.35. The largest absolute Gasteiger partial charge is 0.507 e. The van der Waals surface area contributed by atoms with Crippen LogP contribution in [0, 0.1) is 0 Å². The first-order valence-corrected chi connectivity index (χ1v) is 9.30. The van der Waals surface area contributed by atoms with Gasteiger partial charge in [-0.3, -0.25) is 4.79 Å².